The summed E-state index contributed by atoms with van der Waals surface area (Å²) in [6, 6.07) is 8.29. The normalized spacial score (nSPS) is 25.2. The van der Waals surface area contributed by atoms with Crippen LogP contribution in [-0.2, 0) is 11.0 Å². The SMILES string of the molecule is C[C@@H]1c2ccccc2O[C@@H]1C(=O)N1CCC[C@H](n2ccc(C(F)(F)F)n2)C1. The number of nitrogens with zero attached hydrogens (tertiary/aromatic N) is 3. The first-order valence-electron chi connectivity index (χ1n) is 9.01. The first-order valence-corrected chi connectivity index (χ1v) is 9.01. The van der Waals surface area contributed by atoms with Gasteiger partial charge < -0.3 is 9.64 Å². The number of benzene rings is 1. The fourth-order valence-electron chi connectivity index (χ4n) is 3.87. The Kier molecular flexibility index (Phi) is 4.36. The third-order valence-electron chi connectivity index (χ3n) is 5.34. The highest BCUT2D eigenvalue weighted by atomic mass is 19.4. The van der Waals surface area contributed by atoms with Crippen molar-refractivity contribution in [2.24, 2.45) is 0 Å². The number of carbonyl (C=O) groups is 1. The van der Waals surface area contributed by atoms with Gasteiger partial charge in [-0.25, -0.2) is 0 Å². The Morgan fingerprint density at radius 2 is 2.04 bits per heavy atom. The molecule has 1 amide bonds. The van der Waals surface area contributed by atoms with Gasteiger partial charge in [-0.15, -0.1) is 0 Å². The molecular formula is C19H20F3N3O2. The van der Waals surface area contributed by atoms with Gasteiger partial charge in [-0.05, 0) is 25.0 Å². The molecule has 0 radical (unpaired) electrons. The number of ether oxygens (including phenoxy) is 1. The molecule has 0 unspecified atom stereocenters. The summed E-state index contributed by atoms with van der Waals surface area (Å²) in [5.74, 6) is 0.543. The molecule has 3 heterocycles. The summed E-state index contributed by atoms with van der Waals surface area (Å²) in [5, 5.41) is 3.67. The fraction of sp³-hybridized carbons (Fsp3) is 0.474. The minimum absolute atomic E-state index is 0.0596. The van der Waals surface area contributed by atoms with Crippen molar-refractivity contribution >= 4 is 5.91 Å². The number of piperidine rings is 1. The van der Waals surface area contributed by atoms with Crippen molar-refractivity contribution in [3.05, 3.63) is 47.8 Å². The molecule has 144 valence electrons. The Morgan fingerprint density at radius 1 is 1.26 bits per heavy atom. The van der Waals surface area contributed by atoms with Gasteiger partial charge in [0.1, 0.15) is 5.75 Å². The third kappa shape index (κ3) is 3.28. The number of fused-ring (bicyclic) bond motifs is 1. The lowest BCUT2D eigenvalue weighted by Gasteiger charge is -2.34. The van der Waals surface area contributed by atoms with Crippen molar-refractivity contribution in [2.75, 3.05) is 13.1 Å². The van der Waals surface area contributed by atoms with Gasteiger partial charge in [0.2, 0.25) is 0 Å². The van der Waals surface area contributed by atoms with E-state index in [1.54, 1.807) is 4.90 Å². The van der Waals surface area contributed by atoms with Crippen LogP contribution in [-0.4, -0.2) is 39.8 Å². The number of amides is 1. The van der Waals surface area contributed by atoms with Crippen molar-refractivity contribution in [2.45, 2.75) is 44.0 Å². The van der Waals surface area contributed by atoms with Gasteiger partial charge in [0.15, 0.2) is 11.8 Å². The molecule has 2 aromatic rings. The maximum absolute atomic E-state index is 13.0. The molecule has 4 rings (SSSR count). The van der Waals surface area contributed by atoms with E-state index in [4.69, 9.17) is 4.74 Å². The van der Waals surface area contributed by atoms with Gasteiger partial charge in [-0.2, -0.15) is 18.3 Å². The Balaban J connectivity index is 1.47. The van der Waals surface area contributed by atoms with Crippen molar-refractivity contribution in [3.63, 3.8) is 0 Å². The van der Waals surface area contributed by atoms with E-state index in [1.165, 1.54) is 10.9 Å². The second-order valence-electron chi connectivity index (χ2n) is 7.12. The minimum atomic E-state index is -4.46. The zero-order valence-corrected chi connectivity index (χ0v) is 14.8. The maximum Gasteiger partial charge on any atom is 0.435 e. The molecule has 8 heteroatoms. The molecule has 1 saturated heterocycles. The second-order valence-corrected chi connectivity index (χ2v) is 7.12. The van der Waals surface area contributed by atoms with Gasteiger partial charge in [0, 0.05) is 30.8 Å². The Labute approximate surface area is 154 Å². The van der Waals surface area contributed by atoms with Gasteiger partial charge in [0.25, 0.3) is 5.91 Å². The first kappa shape index (κ1) is 17.9. The quantitative estimate of drug-likeness (QED) is 0.801. The summed E-state index contributed by atoms with van der Waals surface area (Å²) >= 11 is 0. The number of alkyl halides is 3. The molecule has 5 nitrogen and oxygen atoms in total. The van der Waals surface area contributed by atoms with E-state index < -0.39 is 18.0 Å². The van der Waals surface area contributed by atoms with Crippen LogP contribution in [0, 0.1) is 0 Å². The monoisotopic (exact) mass is 379 g/mol. The summed E-state index contributed by atoms with van der Waals surface area (Å²) in [7, 11) is 0. The number of aromatic nitrogens is 2. The Bertz CT molecular complexity index is 849. The lowest BCUT2D eigenvalue weighted by molar-refractivity contribution is -0.143. The van der Waals surface area contributed by atoms with E-state index in [2.05, 4.69) is 5.10 Å². The summed E-state index contributed by atoms with van der Waals surface area (Å²) in [6.45, 7) is 2.87. The van der Waals surface area contributed by atoms with E-state index in [0.29, 0.717) is 25.9 Å². The average molecular weight is 379 g/mol. The molecule has 1 fully saturated rings. The van der Waals surface area contributed by atoms with Crippen molar-refractivity contribution in [1.82, 2.24) is 14.7 Å². The van der Waals surface area contributed by atoms with Crippen LogP contribution in [0.15, 0.2) is 36.5 Å². The molecule has 0 aliphatic carbocycles. The van der Waals surface area contributed by atoms with Crippen molar-refractivity contribution < 1.29 is 22.7 Å². The Hall–Kier alpha value is -2.51. The summed E-state index contributed by atoms with van der Waals surface area (Å²) in [5.41, 5.74) is 0.0976. The lowest BCUT2D eigenvalue weighted by Crippen LogP contribution is -2.47. The van der Waals surface area contributed by atoms with Gasteiger partial charge in [0.05, 0.1) is 6.04 Å². The maximum atomic E-state index is 13.0. The highest BCUT2D eigenvalue weighted by Crippen LogP contribution is 2.39. The molecule has 2 aliphatic heterocycles. The van der Waals surface area contributed by atoms with Crippen LogP contribution in [0.2, 0.25) is 0 Å². The van der Waals surface area contributed by atoms with Crippen LogP contribution in [0.25, 0.3) is 0 Å². The number of carbonyl (C=O) groups excluding carboxylic acids is 1. The average Bonchev–Trinajstić information content (AvgIpc) is 3.27. The van der Waals surface area contributed by atoms with Crippen LogP contribution in [0.1, 0.15) is 43.0 Å². The van der Waals surface area contributed by atoms with Gasteiger partial charge in [-0.1, -0.05) is 25.1 Å². The highest BCUT2D eigenvalue weighted by molar-refractivity contribution is 5.83. The lowest BCUT2D eigenvalue weighted by atomic mass is 9.96. The number of para-hydroxylation sites is 1. The summed E-state index contributed by atoms with van der Waals surface area (Å²) < 4.78 is 45.6. The third-order valence-corrected chi connectivity index (χ3v) is 5.34. The summed E-state index contributed by atoms with van der Waals surface area (Å²) in [6.07, 6.45) is -2.32. The predicted octanol–water partition coefficient (Wildman–Crippen LogP) is 3.63. The van der Waals surface area contributed by atoms with E-state index in [9.17, 15) is 18.0 Å². The van der Waals surface area contributed by atoms with E-state index in [1.807, 2.05) is 31.2 Å². The highest BCUT2D eigenvalue weighted by Gasteiger charge is 2.40. The second kappa shape index (κ2) is 6.58. The Morgan fingerprint density at radius 3 is 2.74 bits per heavy atom. The molecule has 1 aromatic carbocycles. The fourth-order valence-corrected chi connectivity index (χ4v) is 3.87. The zero-order valence-electron chi connectivity index (χ0n) is 14.8. The molecule has 27 heavy (non-hydrogen) atoms. The van der Waals surface area contributed by atoms with Crippen LogP contribution >= 0.6 is 0 Å². The van der Waals surface area contributed by atoms with Crippen molar-refractivity contribution in [1.29, 1.82) is 0 Å². The van der Waals surface area contributed by atoms with Gasteiger partial charge >= 0.3 is 6.18 Å². The largest absolute Gasteiger partial charge is 0.480 e. The first-order chi connectivity index (χ1) is 12.8. The smallest absolute Gasteiger partial charge is 0.435 e. The number of rotatable bonds is 2. The molecule has 3 atom stereocenters. The minimum Gasteiger partial charge on any atom is -0.480 e. The topological polar surface area (TPSA) is 47.4 Å². The molecule has 1 aromatic heterocycles. The molecule has 0 saturated carbocycles. The number of hydrogen-bond donors (Lipinski definition) is 0. The zero-order chi connectivity index (χ0) is 19.2. The number of likely N-dealkylation sites (tertiary alicyclic amines) is 1. The molecule has 0 N–H and O–H groups in total. The van der Waals surface area contributed by atoms with E-state index >= 15 is 0 Å². The summed E-state index contributed by atoms with van der Waals surface area (Å²) in [4.78, 5) is 14.7. The standard InChI is InChI=1S/C19H20F3N3O2/c1-12-14-6-2-3-7-15(14)27-17(12)18(26)24-9-4-5-13(11-24)25-10-8-16(23-25)19(20,21)22/h2-3,6-8,10,12-13,17H,4-5,9,11H2,1H3/t12-,13+,17+/m1/s1. The predicted molar refractivity (Wildman–Crippen MR) is 91.4 cm³/mol. The van der Waals surface area contributed by atoms with E-state index in [-0.39, 0.29) is 17.9 Å². The molecule has 0 spiro atoms. The van der Waals surface area contributed by atoms with Gasteiger partial charge in [-0.3, -0.25) is 9.48 Å². The van der Waals surface area contributed by atoms with Crippen LogP contribution < -0.4 is 4.74 Å². The molecule has 2 aliphatic rings. The molecule has 0 bridgehead atoms. The van der Waals surface area contributed by atoms with E-state index in [0.717, 1.165) is 17.4 Å². The number of halogens is 3. The van der Waals surface area contributed by atoms with Crippen LogP contribution in [0.4, 0.5) is 13.2 Å². The van der Waals surface area contributed by atoms with Crippen LogP contribution in [0.5, 0.6) is 5.75 Å². The van der Waals surface area contributed by atoms with Crippen molar-refractivity contribution in [3.8, 4) is 5.75 Å². The van der Waals surface area contributed by atoms with Crippen LogP contribution in [0.3, 0.4) is 0 Å². The number of hydrogen-bond acceptors (Lipinski definition) is 3. The molecular weight excluding hydrogens is 359 g/mol.